The molecule has 0 bridgehead atoms. The van der Waals surface area contributed by atoms with Crippen molar-refractivity contribution in [2.45, 2.75) is 26.4 Å². The highest BCUT2D eigenvalue weighted by atomic mass is 32.2. The highest BCUT2D eigenvalue weighted by Gasteiger charge is 2.31. The van der Waals surface area contributed by atoms with E-state index in [9.17, 15) is 13.2 Å². The highest BCUT2D eigenvalue weighted by Crippen LogP contribution is 2.21. The van der Waals surface area contributed by atoms with Crippen LogP contribution in [0.5, 0.6) is 0 Å². The van der Waals surface area contributed by atoms with Crippen LogP contribution in [0.4, 0.5) is 5.69 Å². The lowest BCUT2D eigenvalue weighted by Gasteiger charge is -2.13. The molecule has 1 unspecified atom stereocenters. The molecule has 1 aromatic rings. The maximum atomic E-state index is 12.0. The third-order valence-corrected chi connectivity index (χ3v) is 5.03. The van der Waals surface area contributed by atoms with Crippen LogP contribution in [0, 0.1) is 13.8 Å². The molecule has 0 aromatic heterocycles. The zero-order valence-electron chi connectivity index (χ0n) is 11.0. The van der Waals surface area contributed by atoms with E-state index in [0.29, 0.717) is 17.7 Å². The summed E-state index contributed by atoms with van der Waals surface area (Å²) < 4.78 is 27.9. The Balaban J connectivity index is 2.15. The number of carbonyl (C=O) groups excluding carboxylic acids is 1. The topological polar surface area (TPSA) is 86.5 Å². The number of anilines is 1. The number of hydrogen-bond donors (Lipinski definition) is 1. The maximum absolute atomic E-state index is 12.0. The van der Waals surface area contributed by atoms with Crippen molar-refractivity contribution in [1.82, 2.24) is 0 Å². The first kappa shape index (κ1) is 13.9. The summed E-state index contributed by atoms with van der Waals surface area (Å²) in [6, 6.07) is 3.40. The molecule has 6 heteroatoms. The molecule has 19 heavy (non-hydrogen) atoms. The average molecular weight is 283 g/mol. The Labute approximate surface area is 112 Å². The van der Waals surface area contributed by atoms with Gasteiger partial charge in [0.05, 0.1) is 17.1 Å². The van der Waals surface area contributed by atoms with Gasteiger partial charge in [0.1, 0.15) is 6.10 Å². The molecule has 2 N–H and O–H groups in total. The van der Waals surface area contributed by atoms with E-state index in [2.05, 4.69) is 0 Å². The molecule has 1 atom stereocenters. The van der Waals surface area contributed by atoms with E-state index in [0.717, 1.165) is 11.1 Å². The zero-order chi connectivity index (χ0) is 14.2. The van der Waals surface area contributed by atoms with Gasteiger partial charge in [-0.3, -0.25) is 0 Å². The van der Waals surface area contributed by atoms with Crippen LogP contribution in [0.15, 0.2) is 12.1 Å². The molecule has 1 fully saturated rings. The standard InChI is InChI=1S/C13H17NO4S/c1-8-5-9(2)12(14)6-11(8)13(15)18-10-3-4-19(16,17)7-10/h5-6,10H,3-4,7,14H2,1-2H3. The van der Waals surface area contributed by atoms with Crippen molar-refractivity contribution in [3.8, 4) is 0 Å². The number of ether oxygens (including phenoxy) is 1. The first-order chi connectivity index (χ1) is 8.78. The van der Waals surface area contributed by atoms with Gasteiger partial charge in [0, 0.05) is 5.69 Å². The van der Waals surface area contributed by atoms with Crippen LogP contribution in [0.3, 0.4) is 0 Å². The fourth-order valence-electron chi connectivity index (χ4n) is 2.16. The lowest BCUT2D eigenvalue weighted by atomic mass is 10.0. The number of nitrogens with two attached hydrogens (primary N) is 1. The first-order valence-corrected chi connectivity index (χ1v) is 7.89. The molecule has 0 spiro atoms. The second-order valence-electron chi connectivity index (χ2n) is 4.95. The van der Waals surface area contributed by atoms with Gasteiger partial charge < -0.3 is 10.5 Å². The molecular weight excluding hydrogens is 266 g/mol. The van der Waals surface area contributed by atoms with Crippen LogP contribution < -0.4 is 5.73 Å². The van der Waals surface area contributed by atoms with Crippen molar-refractivity contribution in [1.29, 1.82) is 0 Å². The molecule has 5 nitrogen and oxygen atoms in total. The fourth-order valence-corrected chi connectivity index (χ4v) is 3.75. The molecule has 0 radical (unpaired) electrons. The highest BCUT2D eigenvalue weighted by molar-refractivity contribution is 7.91. The zero-order valence-corrected chi connectivity index (χ0v) is 11.8. The van der Waals surface area contributed by atoms with Gasteiger partial charge in [-0.25, -0.2) is 13.2 Å². The summed E-state index contributed by atoms with van der Waals surface area (Å²) in [5, 5.41) is 0. The van der Waals surface area contributed by atoms with Crippen LogP contribution in [0.2, 0.25) is 0 Å². The predicted molar refractivity (Wildman–Crippen MR) is 72.8 cm³/mol. The quantitative estimate of drug-likeness (QED) is 0.651. The maximum Gasteiger partial charge on any atom is 0.338 e. The number of nitrogen functional groups attached to an aromatic ring is 1. The van der Waals surface area contributed by atoms with Crippen molar-refractivity contribution in [3.05, 3.63) is 28.8 Å². The lowest BCUT2D eigenvalue weighted by molar-refractivity contribution is 0.0355. The van der Waals surface area contributed by atoms with E-state index in [1.165, 1.54) is 0 Å². The predicted octanol–water partition coefficient (Wildman–Crippen LogP) is 1.23. The Kier molecular flexibility index (Phi) is 3.54. The number of hydrogen-bond acceptors (Lipinski definition) is 5. The van der Waals surface area contributed by atoms with Crippen LogP contribution in [-0.2, 0) is 14.6 Å². The van der Waals surface area contributed by atoms with Gasteiger partial charge in [-0.2, -0.15) is 0 Å². The number of aryl methyl sites for hydroxylation is 2. The van der Waals surface area contributed by atoms with Gasteiger partial charge in [-0.05, 0) is 37.5 Å². The van der Waals surface area contributed by atoms with Crippen molar-refractivity contribution in [3.63, 3.8) is 0 Å². The summed E-state index contributed by atoms with van der Waals surface area (Å²) in [6.07, 6.45) is -0.173. The molecule has 1 heterocycles. The van der Waals surface area contributed by atoms with Crippen molar-refractivity contribution >= 4 is 21.5 Å². The van der Waals surface area contributed by atoms with Crippen molar-refractivity contribution in [2.24, 2.45) is 0 Å². The number of esters is 1. The van der Waals surface area contributed by atoms with E-state index < -0.39 is 21.9 Å². The lowest BCUT2D eigenvalue weighted by Crippen LogP contribution is -2.20. The summed E-state index contributed by atoms with van der Waals surface area (Å²) in [5.74, 6) is -0.509. The smallest absolute Gasteiger partial charge is 0.338 e. The van der Waals surface area contributed by atoms with E-state index in [4.69, 9.17) is 10.5 Å². The molecule has 2 rings (SSSR count). The second kappa shape index (κ2) is 4.85. The summed E-state index contributed by atoms with van der Waals surface area (Å²) in [4.78, 5) is 12.0. The van der Waals surface area contributed by atoms with E-state index >= 15 is 0 Å². The minimum atomic E-state index is -3.05. The van der Waals surface area contributed by atoms with Crippen molar-refractivity contribution < 1.29 is 17.9 Å². The van der Waals surface area contributed by atoms with Crippen LogP contribution in [-0.4, -0.2) is 32.0 Å². The van der Waals surface area contributed by atoms with Crippen molar-refractivity contribution in [2.75, 3.05) is 17.2 Å². The molecule has 1 aliphatic rings. The number of rotatable bonds is 2. The Morgan fingerprint density at radius 2 is 2.00 bits per heavy atom. The summed E-state index contributed by atoms with van der Waals surface area (Å²) >= 11 is 0. The van der Waals surface area contributed by atoms with Gasteiger partial charge in [-0.1, -0.05) is 6.07 Å². The Hall–Kier alpha value is -1.56. The Morgan fingerprint density at radius 3 is 2.58 bits per heavy atom. The van der Waals surface area contributed by atoms with Gasteiger partial charge in [0.2, 0.25) is 0 Å². The second-order valence-corrected chi connectivity index (χ2v) is 7.18. The third-order valence-electron chi connectivity index (χ3n) is 3.30. The van der Waals surface area contributed by atoms with E-state index in [1.54, 1.807) is 13.0 Å². The fraction of sp³-hybridized carbons (Fsp3) is 0.462. The van der Waals surface area contributed by atoms with Crippen LogP contribution in [0.1, 0.15) is 27.9 Å². The van der Waals surface area contributed by atoms with E-state index in [-0.39, 0.29) is 11.5 Å². The number of carbonyl (C=O) groups is 1. The monoisotopic (exact) mass is 283 g/mol. The summed E-state index contributed by atoms with van der Waals surface area (Å²) in [7, 11) is -3.05. The van der Waals surface area contributed by atoms with Gasteiger partial charge in [0.25, 0.3) is 0 Å². The van der Waals surface area contributed by atoms with Gasteiger partial charge in [-0.15, -0.1) is 0 Å². The molecule has 104 valence electrons. The minimum Gasteiger partial charge on any atom is -0.458 e. The Morgan fingerprint density at radius 1 is 1.32 bits per heavy atom. The normalized spacial score (nSPS) is 21.3. The van der Waals surface area contributed by atoms with E-state index in [1.807, 2.05) is 13.0 Å². The third kappa shape index (κ3) is 3.07. The summed E-state index contributed by atoms with van der Waals surface area (Å²) in [6.45, 7) is 3.66. The molecule has 1 aromatic carbocycles. The molecular formula is C13H17NO4S. The molecule has 1 saturated heterocycles. The summed E-state index contributed by atoms with van der Waals surface area (Å²) in [5.41, 5.74) is 8.37. The first-order valence-electron chi connectivity index (χ1n) is 6.06. The minimum absolute atomic E-state index is 0.0833. The van der Waals surface area contributed by atoms with Gasteiger partial charge >= 0.3 is 5.97 Å². The largest absolute Gasteiger partial charge is 0.458 e. The van der Waals surface area contributed by atoms with Gasteiger partial charge in [0.15, 0.2) is 9.84 Å². The Bertz CT molecular complexity index is 622. The SMILES string of the molecule is Cc1cc(C)c(C(=O)OC2CCS(=O)(=O)C2)cc1N. The average Bonchev–Trinajstić information content (AvgIpc) is 2.63. The van der Waals surface area contributed by atoms with Crippen LogP contribution in [0.25, 0.3) is 0 Å². The molecule has 0 aliphatic carbocycles. The molecule has 0 saturated carbocycles. The number of benzene rings is 1. The molecule has 0 amide bonds. The number of sulfone groups is 1. The van der Waals surface area contributed by atoms with Crippen LogP contribution >= 0.6 is 0 Å². The molecule has 1 aliphatic heterocycles.